The molecule has 0 spiro atoms. The third-order valence-electron chi connectivity index (χ3n) is 2.83. The summed E-state index contributed by atoms with van der Waals surface area (Å²) in [5, 5.41) is 11.6. The van der Waals surface area contributed by atoms with Crippen LogP contribution in [-0.2, 0) is 4.79 Å². The van der Waals surface area contributed by atoms with E-state index in [1.54, 1.807) is 12.1 Å². The van der Waals surface area contributed by atoms with Crippen LogP contribution in [0.2, 0.25) is 0 Å². The number of aliphatic carboxylic acids is 1. The zero-order chi connectivity index (χ0) is 14.4. The highest BCUT2D eigenvalue weighted by molar-refractivity contribution is 9.10. The summed E-state index contributed by atoms with van der Waals surface area (Å²) in [7, 11) is 0. The van der Waals surface area contributed by atoms with Gasteiger partial charge in [-0.25, -0.2) is 0 Å². The molecule has 0 saturated heterocycles. The van der Waals surface area contributed by atoms with Crippen molar-refractivity contribution in [3.8, 4) is 0 Å². The molecule has 0 aliphatic rings. The van der Waals surface area contributed by atoms with Crippen LogP contribution in [0.15, 0.2) is 22.7 Å². The molecular formula is C14H18BrNO3. The molecule has 1 unspecified atom stereocenters. The molecule has 0 aromatic heterocycles. The summed E-state index contributed by atoms with van der Waals surface area (Å²) < 4.78 is 0.914. The summed E-state index contributed by atoms with van der Waals surface area (Å²) in [5.74, 6) is -1.11. The van der Waals surface area contributed by atoms with E-state index in [1.165, 1.54) is 0 Å². The smallest absolute Gasteiger partial charge is 0.305 e. The SMILES string of the molecule is CCCC(CC(=O)O)NC(=O)c1ccc(Br)cc1C. The molecule has 5 heteroatoms. The van der Waals surface area contributed by atoms with Crippen LogP contribution >= 0.6 is 15.9 Å². The van der Waals surface area contributed by atoms with Crippen LogP contribution in [0.3, 0.4) is 0 Å². The Labute approximate surface area is 121 Å². The van der Waals surface area contributed by atoms with Crippen LogP contribution in [0.5, 0.6) is 0 Å². The molecule has 19 heavy (non-hydrogen) atoms. The maximum atomic E-state index is 12.1. The predicted molar refractivity (Wildman–Crippen MR) is 77.3 cm³/mol. The number of amides is 1. The minimum atomic E-state index is -0.897. The van der Waals surface area contributed by atoms with Gasteiger partial charge in [-0.2, -0.15) is 0 Å². The minimum absolute atomic E-state index is 0.0465. The Morgan fingerprint density at radius 2 is 2.11 bits per heavy atom. The van der Waals surface area contributed by atoms with Gasteiger partial charge in [-0.15, -0.1) is 0 Å². The quantitative estimate of drug-likeness (QED) is 0.843. The average Bonchev–Trinajstić information content (AvgIpc) is 2.27. The standard InChI is InChI=1S/C14H18BrNO3/c1-3-4-11(8-13(17)18)16-14(19)12-6-5-10(15)7-9(12)2/h5-7,11H,3-4,8H2,1-2H3,(H,16,19)(H,17,18). The molecule has 0 bridgehead atoms. The average molecular weight is 328 g/mol. The lowest BCUT2D eigenvalue weighted by Gasteiger charge is -2.17. The van der Waals surface area contributed by atoms with Crippen LogP contribution in [-0.4, -0.2) is 23.0 Å². The summed E-state index contributed by atoms with van der Waals surface area (Å²) in [6.45, 7) is 3.82. The van der Waals surface area contributed by atoms with Crippen molar-refractivity contribution in [2.75, 3.05) is 0 Å². The van der Waals surface area contributed by atoms with Gasteiger partial charge in [0.05, 0.1) is 6.42 Å². The van der Waals surface area contributed by atoms with Gasteiger partial charge in [0.25, 0.3) is 5.91 Å². The molecule has 1 atom stereocenters. The van der Waals surface area contributed by atoms with Crippen LogP contribution in [0.4, 0.5) is 0 Å². The van der Waals surface area contributed by atoms with Crippen LogP contribution in [0, 0.1) is 6.92 Å². The second-order valence-electron chi connectivity index (χ2n) is 4.52. The molecule has 1 aromatic rings. The van der Waals surface area contributed by atoms with E-state index in [-0.39, 0.29) is 18.4 Å². The normalized spacial score (nSPS) is 11.9. The minimum Gasteiger partial charge on any atom is -0.481 e. The predicted octanol–water partition coefficient (Wildman–Crippen LogP) is 3.13. The highest BCUT2D eigenvalue weighted by atomic mass is 79.9. The number of nitrogens with one attached hydrogen (secondary N) is 1. The van der Waals surface area contributed by atoms with Gasteiger partial charge in [-0.3, -0.25) is 9.59 Å². The van der Waals surface area contributed by atoms with Crippen molar-refractivity contribution in [1.82, 2.24) is 5.32 Å². The van der Waals surface area contributed by atoms with Crippen molar-refractivity contribution in [1.29, 1.82) is 0 Å². The number of carboxylic acids is 1. The Morgan fingerprint density at radius 1 is 1.42 bits per heavy atom. The lowest BCUT2D eigenvalue weighted by atomic mass is 10.1. The monoisotopic (exact) mass is 327 g/mol. The van der Waals surface area contributed by atoms with Gasteiger partial charge in [0, 0.05) is 16.1 Å². The molecule has 0 aliphatic heterocycles. The highest BCUT2D eigenvalue weighted by Crippen LogP contribution is 2.16. The summed E-state index contributed by atoms with van der Waals surface area (Å²) in [6, 6.07) is 5.07. The number of carboxylic acid groups (broad SMARTS) is 1. The van der Waals surface area contributed by atoms with Gasteiger partial charge in [-0.1, -0.05) is 29.3 Å². The third kappa shape index (κ3) is 5.03. The topological polar surface area (TPSA) is 66.4 Å². The van der Waals surface area contributed by atoms with Gasteiger partial charge in [0.2, 0.25) is 0 Å². The zero-order valence-corrected chi connectivity index (χ0v) is 12.7. The molecule has 1 rings (SSSR count). The van der Waals surface area contributed by atoms with E-state index in [2.05, 4.69) is 21.2 Å². The number of hydrogen-bond donors (Lipinski definition) is 2. The van der Waals surface area contributed by atoms with Gasteiger partial charge in [0.15, 0.2) is 0 Å². The number of hydrogen-bond acceptors (Lipinski definition) is 2. The largest absolute Gasteiger partial charge is 0.481 e. The third-order valence-corrected chi connectivity index (χ3v) is 3.32. The number of halogens is 1. The second kappa shape index (κ2) is 7.28. The molecule has 2 N–H and O–H groups in total. The van der Waals surface area contributed by atoms with Crippen molar-refractivity contribution in [3.05, 3.63) is 33.8 Å². The molecule has 0 fully saturated rings. The number of carbonyl (C=O) groups excluding carboxylic acids is 1. The molecule has 0 radical (unpaired) electrons. The fraction of sp³-hybridized carbons (Fsp3) is 0.429. The first-order valence-corrected chi connectivity index (χ1v) is 7.02. The lowest BCUT2D eigenvalue weighted by molar-refractivity contribution is -0.137. The van der Waals surface area contributed by atoms with Crippen molar-refractivity contribution >= 4 is 27.8 Å². The molecule has 0 saturated carbocycles. The summed E-state index contributed by atoms with van der Waals surface area (Å²) in [6.07, 6.45) is 1.44. The summed E-state index contributed by atoms with van der Waals surface area (Å²) >= 11 is 3.34. The Hall–Kier alpha value is -1.36. The first kappa shape index (κ1) is 15.7. The summed E-state index contributed by atoms with van der Waals surface area (Å²) in [5.41, 5.74) is 1.44. The molecule has 4 nitrogen and oxygen atoms in total. The number of aryl methyl sites for hydroxylation is 1. The maximum absolute atomic E-state index is 12.1. The summed E-state index contributed by atoms with van der Waals surface area (Å²) in [4.78, 5) is 22.9. The van der Waals surface area contributed by atoms with Crippen molar-refractivity contribution < 1.29 is 14.7 Å². The van der Waals surface area contributed by atoms with Crippen LogP contribution in [0.1, 0.15) is 42.1 Å². The first-order valence-electron chi connectivity index (χ1n) is 6.22. The van der Waals surface area contributed by atoms with Crippen LogP contribution in [0.25, 0.3) is 0 Å². The Morgan fingerprint density at radius 3 is 2.63 bits per heavy atom. The highest BCUT2D eigenvalue weighted by Gasteiger charge is 2.17. The molecule has 1 amide bonds. The Balaban J connectivity index is 2.78. The van der Waals surface area contributed by atoms with Gasteiger partial charge in [0.1, 0.15) is 0 Å². The fourth-order valence-corrected chi connectivity index (χ4v) is 2.41. The second-order valence-corrected chi connectivity index (χ2v) is 5.43. The molecule has 104 valence electrons. The van der Waals surface area contributed by atoms with Crippen molar-refractivity contribution in [3.63, 3.8) is 0 Å². The van der Waals surface area contributed by atoms with E-state index in [4.69, 9.17) is 5.11 Å². The van der Waals surface area contributed by atoms with Gasteiger partial charge < -0.3 is 10.4 Å². The van der Waals surface area contributed by atoms with Crippen molar-refractivity contribution in [2.45, 2.75) is 39.2 Å². The fourth-order valence-electron chi connectivity index (χ4n) is 1.93. The number of rotatable bonds is 6. The molecule has 0 aliphatic carbocycles. The van der Waals surface area contributed by atoms with E-state index in [0.29, 0.717) is 12.0 Å². The number of benzene rings is 1. The van der Waals surface area contributed by atoms with E-state index >= 15 is 0 Å². The van der Waals surface area contributed by atoms with Gasteiger partial charge in [-0.05, 0) is 37.1 Å². The maximum Gasteiger partial charge on any atom is 0.305 e. The van der Waals surface area contributed by atoms with E-state index < -0.39 is 5.97 Å². The zero-order valence-electron chi connectivity index (χ0n) is 11.1. The van der Waals surface area contributed by atoms with Crippen molar-refractivity contribution in [2.24, 2.45) is 0 Å². The van der Waals surface area contributed by atoms with E-state index in [1.807, 2.05) is 19.9 Å². The van der Waals surface area contributed by atoms with E-state index in [9.17, 15) is 9.59 Å². The van der Waals surface area contributed by atoms with E-state index in [0.717, 1.165) is 16.5 Å². The Bertz CT molecular complexity index is 474. The first-order chi connectivity index (χ1) is 8.93. The lowest BCUT2D eigenvalue weighted by Crippen LogP contribution is -2.36. The van der Waals surface area contributed by atoms with Gasteiger partial charge >= 0.3 is 5.97 Å². The molecule has 0 heterocycles. The Kier molecular flexibility index (Phi) is 6.02. The molecule has 1 aromatic carbocycles. The molecular weight excluding hydrogens is 310 g/mol. The van der Waals surface area contributed by atoms with Crippen LogP contribution < -0.4 is 5.32 Å². The number of carbonyl (C=O) groups is 2.